The Morgan fingerprint density at radius 2 is 1.96 bits per heavy atom. The number of likely N-dealkylation sites (tertiary alicyclic amines) is 1. The second kappa shape index (κ2) is 7.25. The van der Waals surface area contributed by atoms with E-state index in [1.165, 1.54) is 0 Å². The molecule has 10 heteroatoms. The summed E-state index contributed by atoms with van der Waals surface area (Å²) in [5, 5.41) is 4.03. The number of nitrogens with zero attached hydrogens (tertiary/aromatic N) is 4. The van der Waals surface area contributed by atoms with Gasteiger partial charge in [0.2, 0.25) is 5.91 Å². The van der Waals surface area contributed by atoms with E-state index in [0.717, 1.165) is 23.4 Å². The first kappa shape index (κ1) is 19.0. The van der Waals surface area contributed by atoms with Gasteiger partial charge in [-0.1, -0.05) is 22.7 Å². The van der Waals surface area contributed by atoms with Crippen LogP contribution in [0.2, 0.25) is 0 Å². The molecule has 0 radical (unpaired) electrons. The van der Waals surface area contributed by atoms with Crippen molar-refractivity contribution in [3.05, 3.63) is 41.1 Å². The molecule has 0 aliphatic carbocycles. The molecule has 1 fully saturated rings. The molecule has 28 heavy (non-hydrogen) atoms. The standard InChI is InChI=1S/C18H20N4O4S2/c1-28(25,26)18-16(19-20-27-18)12-6-8-21(9-7-12)15(23)11-22-10-13-4-2-3-5-14(13)17(22)24/h2-5,12H,6-11H2,1H3. The zero-order valence-corrected chi connectivity index (χ0v) is 17.0. The van der Waals surface area contributed by atoms with Crippen LogP contribution in [0.1, 0.15) is 40.4 Å². The number of fused-ring (bicyclic) bond motifs is 1. The molecule has 0 N–H and O–H groups in total. The van der Waals surface area contributed by atoms with Gasteiger partial charge in [0.05, 0.1) is 5.69 Å². The highest BCUT2D eigenvalue weighted by Crippen LogP contribution is 2.32. The third-order valence-electron chi connectivity index (χ3n) is 5.27. The third kappa shape index (κ3) is 3.53. The van der Waals surface area contributed by atoms with Crippen molar-refractivity contribution in [2.24, 2.45) is 0 Å². The number of carbonyl (C=O) groups excluding carboxylic acids is 2. The molecule has 2 amide bonds. The van der Waals surface area contributed by atoms with Crippen molar-refractivity contribution in [3.8, 4) is 0 Å². The van der Waals surface area contributed by atoms with Crippen molar-refractivity contribution in [2.45, 2.75) is 29.5 Å². The highest BCUT2D eigenvalue weighted by molar-refractivity contribution is 7.92. The molecule has 2 aliphatic rings. The molecule has 0 bridgehead atoms. The van der Waals surface area contributed by atoms with Gasteiger partial charge in [0.15, 0.2) is 14.0 Å². The maximum Gasteiger partial charge on any atom is 0.254 e. The Bertz CT molecular complexity index is 1030. The van der Waals surface area contributed by atoms with Crippen LogP contribution in [0, 0.1) is 0 Å². The molecule has 148 valence electrons. The Hall–Kier alpha value is -2.33. The Morgan fingerprint density at radius 1 is 1.25 bits per heavy atom. The van der Waals surface area contributed by atoms with Crippen LogP contribution in [0.4, 0.5) is 0 Å². The average Bonchev–Trinajstić information content (AvgIpc) is 3.28. The quantitative estimate of drug-likeness (QED) is 0.739. The van der Waals surface area contributed by atoms with Crippen molar-refractivity contribution in [1.29, 1.82) is 0 Å². The smallest absolute Gasteiger partial charge is 0.254 e. The lowest BCUT2D eigenvalue weighted by molar-refractivity contribution is -0.133. The summed E-state index contributed by atoms with van der Waals surface area (Å²) in [6.07, 6.45) is 2.43. The maximum atomic E-state index is 12.7. The van der Waals surface area contributed by atoms with Gasteiger partial charge in [-0.25, -0.2) is 8.42 Å². The summed E-state index contributed by atoms with van der Waals surface area (Å²) in [7, 11) is -3.35. The average molecular weight is 421 g/mol. The van der Waals surface area contributed by atoms with E-state index in [1.807, 2.05) is 18.2 Å². The molecule has 0 unspecified atom stereocenters. The summed E-state index contributed by atoms with van der Waals surface area (Å²) in [5.41, 5.74) is 2.13. The molecule has 0 atom stereocenters. The molecule has 0 saturated carbocycles. The molecular weight excluding hydrogens is 400 g/mol. The van der Waals surface area contributed by atoms with E-state index in [0.29, 0.717) is 43.7 Å². The fraction of sp³-hybridized carbons (Fsp3) is 0.444. The molecule has 1 aromatic heterocycles. The van der Waals surface area contributed by atoms with Crippen LogP contribution in [0.25, 0.3) is 0 Å². The van der Waals surface area contributed by atoms with Crippen molar-refractivity contribution < 1.29 is 18.0 Å². The monoisotopic (exact) mass is 420 g/mol. The van der Waals surface area contributed by atoms with Gasteiger partial charge in [0, 0.05) is 48.9 Å². The van der Waals surface area contributed by atoms with Gasteiger partial charge in [0.25, 0.3) is 5.91 Å². The molecular formula is C18H20N4O4S2. The van der Waals surface area contributed by atoms with Gasteiger partial charge in [-0.05, 0) is 24.5 Å². The number of piperidine rings is 1. The number of hydrogen-bond donors (Lipinski definition) is 0. The van der Waals surface area contributed by atoms with E-state index < -0.39 is 9.84 Å². The second-order valence-corrected chi connectivity index (χ2v) is 10.2. The van der Waals surface area contributed by atoms with E-state index in [1.54, 1.807) is 15.9 Å². The molecule has 1 aromatic carbocycles. The number of amides is 2. The molecule has 8 nitrogen and oxygen atoms in total. The Kier molecular flexibility index (Phi) is 4.92. The van der Waals surface area contributed by atoms with Crippen LogP contribution in [-0.4, -0.2) is 65.5 Å². The minimum Gasteiger partial charge on any atom is -0.341 e. The minimum atomic E-state index is -3.35. The van der Waals surface area contributed by atoms with E-state index in [4.69, 9.17) is 0 Å². The number of aromatic nitrogens is 2. The summed E-state index contributed by atoms with van der Waals surface area (Å²) >= 11 is 0.899. The fourth-order valence-electron chi connectivity index (χ4n) is 3.80. The Labute approximate surface area is 167 Å². The lowest BCUT2D eigenvalue weighted by Crippen LogP contribution is -2.44. The van der Waals surface area contributed by atoms with Crippen molar-refractivity contribution in [2.75, 3.05) is 25.9 Å². The predicted molar refractivity (Wildman–Crippen MR) is 103 cm³/mol. The zero-order chi connectivity index (χ0) is 19.9. The molecule has 1 saturated heterocycles. The largest absolute Gasteiger partial charge is 0.341 e. The molecule has 4 rings (SSSR count). The van der Waals surface area contributed by atoms with Crippen LogP contribution >= 0.6 is 11.5 Å². The van der Waals surface area contributed by atoms with E-state index in [9.17, 15) is 18.0 Å². The Morgan fingerprint density at radius 3 is 2.64 bits per heavy atom. The first-order valence-electron chi connectivity index (χ1n) is 9.02. The fourth-order valence-corrected chi connectivity index (χ4v) is 5.54. The summed E-state index contributed by atoms with van der Waals surface area (Å²) in [5.74, 6) is -0.213. The summed E-state index contributed by atoms with van der Waals surface area (Å²) in [6, 6.07) is 7.41. The molecule has 0 spiro atoms. The molecule has 3 heterocycles. The first-order chi connectivity index (χ1) is 13.3. The summed E-state index contributed by atoms with van der Waals surface area (Å²) in [4.78, 5) is 28.4. The predicted octanol–water partition coefficient (Wildman–Crippen LogP) is 1.30. The Balaban J connectivity index is 1.37. The van der Waals surface area contributed by atoms with Crippen molar-refractivity contribution >= 4 is 33.2 Å². The van der Waals surface area contributed by atoms with Crippen LogP contribution < -0.4 is 0 Å². The number of rotatable bonds is 4. The second-order valence-electron chi connectivity index (χ2n) is 7.19. The highest BCUT2D eigenvalue weighted by atomic mass is 32.2. The van der Waals surface area contributed by atoms with Gasteiger partial charge in [-0.3, -0.25) is 9.59 Å². The lowest BCUT2D eigenvalue weighted by atomic mass is 9.94. The normalized spacial score (nSPS) is 17.8. The van der Waals surface area contributed by atoms with Crippen LogP contribution in [0.5, 0.6) is 0 Å². The number of carbonyl (C=O) groups is 2. The SMILES string of the molecule is CS(=O)(=O)c1snnc1C1CCN(C(=O)CN2Cc3ccccc3C2=O)CC1. The van der Waals surface area contributed by atoms with Crippen LogP contribution in [0.3, 0.4) is 0 Å². The third-order valence-corrected chi connectivity index (χ3v) is 7.83. The van der Waals surface area contributed by atoms with Crippen molar-refractivity contribution in [1.82, 2.24) is 19.4 Å². The maximum absolute atomic E-state index is 12.7. The number of sulfone groups is 1. The van der Waals surface area contributed by atoms with Gasteiger partial charge >= 0.3 is 0 Å². The van der Waals surface area contributed by atoms with E-state index in [2.05, 4.69) is 9.59 Å². The first-order valence-corrected chi connectivity index (χ1v) is 11.7. The topological polar surface area (TPSA) is 101 Å². The number of hydrogen-bond acceptors (Lipinski definition) is 7. The number of benzene rings is 1. The zero-order valence-electron chi connectivity index (χ0n) is 15.4. The highest BCUT2D eigenvalue weighted by Gasteiger charge is 2.33. The van der Waals surface area contributed by atoms with Crippen LogP contribution in [-0.2, 0) is 21.2 Å². The summed E-state index contributed by atoms with van der Waals surface area (Å²) in [6.45, 7) is 1.54. The van der Waals surface area contributed by atoms with Gasteiger partial charge < -0.3 is 9.80 Å². The van der Waals surface area contributed by atoms with Gasteiger partial charge in [-0.15, -0.1) is 5.10 Å². The molecule has 2 aliphatic heterocycles. The molecule has 2 aromatic rings. The lowest BCUT2D eigenvalue weighted by Gasteiger charge is -2.32. The minimum absolute atomic E-state index is 0.0230. The van der Waals surface area contributed by atoms with Crippen LogP contribution in [0.15, 0.2) is 28.5 Å². The van der Waals surface area contributed by atoms with Gasteiger partial charge in [0.1, 0.15) is 6.54 Å². The van der Waals surface area contributed by atoms with Crippen molar-refractivity contribution in [3.63, 3.8) is 0 Å². The van der Waals surface area contributed by atoms with E-state index in [-0.39, 0.29) is 28.5 Å². The van der Waals surface area contributed by atoms with E-state index >= 15 is 0 Å². The van der Waals surface area contributed by atoms with Gasteiger partial charge in [-0.2, -0.15) is 0 Å². The summed E-state index contributed by atoms with van der Waals surface area (Å²) < 4.78 is 27.8.